The largest absolute Gasteiger partial charge is 0.352 e. The van der Waals surface area contributed by atoms with E-state index in [1.807, 2.05) is 0 Å². The van der Waals surface area contributed by atoms with Crippen LogP contribution in [0.4, 0.5) is 4.39 Å². The van der Waals surface area contributed by atoms with Crippen LogP contribution in [0.5, 0.6) is 0 Å². The molecule has 1 aliphatic rings. The van der Waals surface area contributed by atoms with E-state index in [0.29, 0.717) is 12.8 Å². The highest BCUT2D eigenvalue weighted by atomic mass is 19.1. The van der Waals surface area contributed by atoms with Gasteiger partial charge in [-0.15, -0.1) is 0 Å². The fourth-order valence-corrected chi connectivity index (χ4v) is 2.18. The summed E-state index contributed by atoms with van der Waals surface area (Å²) in [5.41, 5.74) is 0.994. The fraction of sp³-hybridized carbons (Fsp3) is 0.500. The Kier molecular flexibility index (Phi) is 4.70. The average molecular weight is 250 g/mol. The van der Waals surface area contributed by atoms with Gasteiger partial charge < -0.3 is 10.6 Å². The summed E-state index contributed by atoms with van der Waals surface area (Å²) < 4.78 is 12.7. The van der Waals surface area contributed by atoms with Crippen molar-refractivity contribution in [3.05, 3.63) is 35.6 Å². The van der Waals surface area contributed by atoms with Crippen molar-refractivity contribution in [2.45, 2.75) is 31.7 Å². The van der Waals surface area contributed by atoms with Gasteiger partial charge in [-0.05, 0) is 43.5 Å². The van der Waals surface area contributed by atoms with Crippen LogP contribution in [0, 0.1) is 5.82 Å². The Labute approximate surface area is 107 Å². The maximum atomic E-state index is 12.7. The van der Waals surface area contributed by atoms with E-state index in [4.69, 9.17) is 0 Å². The fourth-order valence-electron chi connectivity index (χ4n) is 2.18. The van der Waals surface area contributed by atoms with E-state index < -0.39 is 0 Å². The van der Waals surface area contributed by atoms with Gasteiger partial charge in [0.2, 0.25) is 5.91 Å². The molecule has 1 heterocycles. The Balaban J connectivity index is 1.72. The lowest BCUT2D eigenvalue weighted by Gasteiger charge is -2.23. The van der Waals surface area contributed by atoms with Gasteiger partial charge in [0.05, 0.1) is 0 Å². The van der Waals surface area contributed by atoms with Crippen molar-refractivity contribution in [2.75, 3.05) is 13.1 Å². The van der Waals surface area contributed by atoms with E-state index in [2.05, 4.69) is 10.6 Å². The maximum Gasteiger partial charge on any atom is 0.220 e. The summed E-state index contributed by atoms with van der Waals surface area (Å²) in [5, 5.41) is 6.29. The number of hydrogen-bond acceptors (Lipinski definition) is 2. The number of rotatable bonds is 4. The zero-order valence-corrected chi connectivity index (χ0v) is 10.4. The molecule has 1 aliphatic heterocycles. The molecule has 0 aromatic heterocycles. The van der Waals surface area contributed by atoms with E-state index in [0.717, 1.165) is 31.5 Å². The number of aryl methyl sites for hydroxylation is 1. The molecule has 1 amide bonds. The molecule has 2 rings (SSSR count). The van der Waals surface area contributed by atoms with Crippen molar-refractivity contribution in [1.82, 2.24) is 10.6 Å². The van der Waals surface area contributed by atoms with E-state index >= 15 is 0 Å². The van der Waals surface area contributed by atoms with Crippen molar-refractivity contribution in [3.8, 4) is 0 Å². The van der Waals surface area contributed by atoms with Crippen molar-refractivity contribution >= 4 is 5.91 Å². The minimum atomic E-state index is -0.239. The molecule has 0 aliphatic carbocycles. The first kappa shape index (κ1) is 13.0. The summed E-state index contributed by atoms with van der Waals surface area (Å²) in [6.07, 6.45) is 3.28. The van der Waals surface area contributed by atoms with Crippen LogP contribution in [0.15, 0.2) is 24.3 Å². The molecule has 18 heavy (non-hydrogen) atoms. The molecule has 0 unspecified atom stereocenters. The second kappa shape index (κ2) is 6.50. The number of amides is 1. The summed E-state index contributed by atoms with van der Waals surface area (Å²) in [5.74, 6) is -0.162. The predicted octanol–water partition coefficient (Wildman–Crippen LogP) is 1.63. The molecule has 0 bridgehead atoms. The van der Waals surface area contributed by atoms with Crippen LogP contribution in [0.2, 0.25) is 0 Å². The van der Waals surface area contributed by atoms with Crippen molar-refractivity contribution < 1.29 is 9.18 Å². The molecule has 2 N–H and O–H groups in total. The first-order valence-corrected chi connectivity index (χ1v) is 6.48. The number of nitrogens with one attached hydrogen (secondary N) is 2. The van der Waals surface area contributed by atoms with Gasteiger partial charge in [0.15, 0.2) is 0 Å². The van der Waals surface area contributed by atoms with Gasteiger partial charge in [-0.25, -0.2) is 4.39 Å². The summed E-state index contributed by atoms with van der Waals surface area (Å²) in [6, 6.07) is 6.58. The quantitative estimate of drug-likeness (QED) is 0.852. The zero-order valence-electron chi connectivity index (χ0n) is 10.4. The van der Waals surface area contributed by atoms with E-state index in [1.54, 1.807) is 12.1 Å². The van der Waals surface area contributed by atoms with E-state index in [-0.39, 0.29) is 17.8 Å². The molecule has 0 saturated carbocycles. The van der Waals surface area contributed by atoms with Crippen molar-refractivity contribution in [1.29, 1.82) is 0 Å². The van der Waals surface area contributed by atoms with Crippen LogP contribution >= 0.6 is 0 Å². The molecule has 98 valence electrons. The molecule has 1 saturated heterocycles. The number of piperidine rings is 1. The maximum absolute atomic E-state index is 12.7. The minimum Gasteiger partial charge on any atom is -0.352 e. The van der Waals surface area contributed by atoms with Gasteiger partial charge >= 0.3 is 0 Å². The summed E-state index contributed by atoms with van der Waals surface area (Å²) in [7, 11) is 0. The lowest BCUT2D eigenvalue weighted by atomic mass is 10.1. The van der Waals surface area contributed by atoms with Gasteiger partial charge in [-0.1, -0.05) is 12.1 Å². The van der Waals surface area contributed by atoms with E-state index in [9.17, 15) is 9.18 Å². The smallest absolute Gasteiger partial charge is 0.220 e. The second-order valence-corrected chi connectivity index (χ2v) is 4.74. The molecule has 1 atom stereocenters. The van der Waals surface area contributed by atoms with Gasteiger partial charge in [-0.3, -0.25) is 4.79 Å². The van der Waals surface area contributed by atoms with Crippen LogP contribution in [0.3, 0.4) is 0 Å². The number of halogens is 1. The molecule has 1 aromatic carbocycles. The average Bonchev–Trinajstić information content (AvgIpc) is 2.39. The Morgan fingerprint density at radius 2 is 2.17 bits per heavy atom. The zero-order chi connectivity index (χ0) is 12.8. The standard InChI is InChI=1S/C14H19FN2O/c15-12-6-3-11(4-7-12)5-8-14(18)17-13-2-1-9-16-10-13/h3-4,6-7,13,16H,1-2,5,8-10H2,(H,17,18)/t13-/m0/s1. The molecule has 1 fully saturated rings. The molecular weight excluding hydrogens is 231 g/mol. The Morgan fingerprint density at radius 3 is 2.83 bits per heavy atom. The predicted molar refractivity (Wildman–Crippen MR) is 68.8 cm³/mol. The summed E-state index contributed by atoms with van der Waals surface area (Å²) in [4.78, 5) is 11.7. The third-order valence-corrected chi connectivity index (χ3v) is 3.22. The summed E-state index contributed by atoms with van der Waals surface area (Å²) >= 11 is 0. The third kappa shape index (κ3) is 4.11. The third-order valence-electron chi connectivity index (χ3n) is 3.22. The van der Waals surface area contributed by atoms with Crippen LogP contribution in [0.1, 0.15) is 24.8 Å². The summed E-state index contributed by atoms with van der Waals surface area (Å²) in [6.45, 7) is 1.91. The normalized spacial score (nSPS) is 19.5. The Morgan fingerprint density at radius 1 is 1.39 bits per heavy atom. The highest BCUT2D eigenvalue weighted by Gasteiger charge is 2.14. The molecule has 4 heteroatoms. The minimum absolute atomic E-state index is 0.0769. The number of carbonyl (C=O) groups excluding carboxylic acids is 1. The topological polar surface area (TPSA) is 41.1 Å². The van der Waals surface area contributed by atoms with Crippen molar-refractivity contribution in [2.24, 2.45) is 0 Å². The number of carbonyl (C=O) groups is 1. The molecular formula is C14H19FN2O. The second-order valence-electron chi connectivity index (χ2n) is 4.74. The highest BCUT2D eigenvalue weighted by Crippen LogP contribution is 2.06. The lowest BCUT2D eigenvalue weighted by molar-refractivity contribution is -0.121. The van der Waals surface area contributed by atoms with Crippen LogP contribution < -0.4 is 10.6 Å². The number of hydrogen-bond donors (Lipinski definition) is 2. The Bertz CT molecular complexity index is 385. The number of benzene rings is 1. The highest BCUT2D eigenvalue weighted by molar-refractivity contribution is 5.76. The van der Waals surface area contributed by atoms with Crippen LogP contribution in [0.25, 0.3) is 0 Å². The first-order chi connectivity index (χ1) is 8.74. The van der Waals surface area contributed by atoms with Crippen LogP contribution in [-0.2, 0) is 11.2 Å². The SMILES string of the molecule is O=C(CCc1ccc(F)cc1)N[C@H]1CCCNC1. The van der Waals surface area contributed by atoms with Gasteiger partial charge in [0.1, 0.15) is 5.82 Å². The molecule has 3 nitrogen and oxygen atoms in total. The monoisotopic (exact) mass is 250 g/mol. The molecule has 0 spiro atoms. The van der Waals surface area contributed by atoms with E-state index in [1.165, 1.54) is 12.1 Å². The Hall–Kier alpha value is -1.42. The van der Waals surface area contributed by atoms with Gasteiger partial charge in [-0.2, -0.15) is 0 Å². The van der Waals surface area contributed by atoms with Crippen LogP contribution in [-0.4, -0.2) is 25.0 Å². The lowest BCUT2D eigenvalue weighted by Crippen LogP contribution is -2.45. The van der Waals surface area contributed by atoms with Gasteiger partial charge in [0.25, 0.3) is 0 Å². The first-order valence-electron chi connectivity index (χ1n) is 6.48. The van der Waals surface area contributed by atoms with Crippen molar-refractivity contribution in [3.63, 3.8) is 0 Å². The molecule has 0 radical (unpaired) electrons. The van der Waals surface area contributed by atoms with Gasteiger partial charge in [0, 0.05) is 19.0 Å². The molecule has 1 aromatic rings.